The Balaban J connectivity index is 1.96. The molecule has 0 aliphatic heterocycles. The number of aromatic hydroxyl groups is 1. The monoisotopic (exact) mass is 498 g/mol. The molecule has 0 fully saturated rings. The molecule has 0 aliphatic rings. The van der Waals surface area contributed by atoms with Crippen LogP contribution in [0, 0.1) is 5.92 Å². The number of rotatable bonds is 12. The largest absolute Gasteiger partial charge is 0.508 e. The molecule has 2 rings (SSSR count). The van der Waals surface area contributed by atoms with E-state index in [1.807, 2.05) is 30.3 Å². The first-order chi connectivity index (χ1) is 17.0. The van der Waals surface area contributed by atoms with Gasteiger partial charge in [-0.05, 0) is 42.5 Å². The van der Waals surface area contributed by atoms with Crippen molar-refractivity contribution < 1.29 is 29.4 Å². The summed E-state index contributed by atoms with van der Waals surface area (Å²) in [6, 6.07) is 11.1. The number of amides is 3. The van der Waals surface area contributed by atoms with E-state index in [2.05, 4.69) is 16.0 Å². The van der Waals surface area contributed by atoms with Crippen molar-refractivity contribution in [2.45, 2.75) is 57.8 Å². The van der Waals surface area contributed by atoms with Crippen molar-refractivity contribution in [3.63, 3.8) is 0 Å². The Morgan fingerprint density at radius 2 is 1.36 bits per heavy atom. The van der Waals surface area contributed by atoms with E-state index in [1.54, 1.807) is 26.0 Å². The Kier molecular flexibility index (Phi) is 10.4. The van der Waals surface area contributed by atoms with Gasteiger partial charge in [-0.25, -0.2) is 4.79 Å². The van der Waals surface area contributed by atoms with Crippen molar-refractivity contribution in [2.75, 3.05) is 0 Å². The van der Waals surface area contributed by atoms with Gasteiger partial charge in [0.2, 0.25) is 17.7 Å². The number of hydrogen-bond donors (Lipinski definition) is 6. The number of carbonyl (C=O) groups is 4. The fourth-order valence-electron chi connectivity index (χ4n) is 3.49. The second-order valence-corrected chi connectivity index (χ2v) is 9.03. The zero-order valence-electron chi connectivity index (χ0n) is 20.6. The summed E-state index contributed by atoms with van der Waals surface area (Å²) in [5.74, 6) is -3.27. The standard InChI is InChI=1S/C26H34N4O6/c1-15(2)22(30-24(33)20(27)13-17-7-5-4-6-8-17)25(34)28-16(3)23(32)29-21(26(35)36)14-18-9-11-19(31)12-10-18/h4-12,15-16,20-22,31H,13-14,27H2,1-3H3,(H,28,34)(H,29,32)(H,30,33)(H,35,36). The maximum absolute atomic E-state index is 12.9. The van der Waals surface area contributed by atoms with Crippen LogP contribution in [0.5, 0.6) is 5.75 Å². The van der Waals surface area contributed by atoms with Crippen LogP contribution in [0.15, 0.2) is 54.6 Å². The second kappa shape index (κ2) is 13.2. The molecular formula is C26H34N4O6. The highest BCUT2D eigenvalue weighted by Gasteiger charge is 2.30. The van der Waals surface area contributed by atoms with E-state index in [1.165, 1.54) is 19.1 Å². The van der Waals surface area contributed by atoms with Crippen LogP contribution in [0.25, 0.3) is 0 Å². The van der Waals surface area contributed by atoms with Gasteiger partial charge in [0.1, 0.15) is 23.9 Å². The van der Waals surface area contributed by atoms with Crippen LogP contribution in [0.2, 0.25) is 0 Å². The lowest BCUT2D eigenvalue weighted by Crippen LogP contribution is -2.58. The lowest BCUT2D eigenvalue weighted by molar-refractivity contribution is -0.142. The molecule has 0 radical (unpaired) electrons. The van der Waals surface area contributed by atoms with Crippen LogP contribution in [-0.4, -0.2) is 58.1 Å². The Bertz CT molecular complexity index is 1040. The number of carbonyl (C=O) groups excluding carboxylic acids is 3. The zero-order valence-corrected chi connectivity index (χ0v) is 20.6. The highest BCUT2D eigenvalue weighted by Crippen LogP contribution is 2.12. The van der Waals surface area contributed by atoms with E-state index >= 15 is 0 Å². The van der Waals surface area contributed by atoms with E-state index in [0.717, 1.165) is 5.56 Å². The third kappa shape index (κ3) is 8.70. The number of carboxylic acid groups (broad SMARTS) is 1. The summed E-state index contributed by atoms with van der Waals surface area (Å²) in [4.78, 5) is 49.8. The first kappa shape index (κ1) is 28.3. The molecule has 4 unspecified atom stereocenters. The van der Waals surface area contributed by atoms with Crippen molar-refractivity contribution in [1.82, 2.24) is 16.0 Å². The molecule has 10 heteroatoms. The number of nitrogens with one attached hydrogen (secondary N) is 3. The number of nitrogens with two attached hydrogens (primary N) is 1. The normalized spacial score (nSPS) is 14.2. The van der Waals surface area contributed by atoms with Gasteiger partial charge in [0.25, 0.3) is 0 Å². The van der Waals surface area contributed by atoms with Gasteiger partial charge in [0.05, 0.1) is 6.04 Å². The Morgan fingerprint density at radius 3 is 1.92 bits per heavy atom. The second-order valence-electron chi connectivity index (χ2n) is 9.03. The van der Waals surface area contributed by atoms with Gasteiger partial charge in [-0.2, -0.15) is 0 Å². The van der Waals surface area contributed by atoms with Crippen LogP contribution in [-0.2, 0) is 32.0 Å². The average Bonchev–Trinajstić information content (AvgIpc) is 2.83. The molecule has 0 saturated carbocycles. The molecule has 3 amide bonds. The SMILES string of the molecule is CC(NC(=O)C(NC(=O)C(N)Cc1ccccc1)C(C)C)C(=O)NC(Cc1ccc(O)cc1)C(=O)O. The molecule has 0 saturated heterocycles. The molecule has 0 heterocycles. The van der Waals surface area contributed by atoms with Crippen LogP contribution < -0.4 is 21.7 Å². The quantitative estimate of drug-likeness (QED) is 0.250. The van der Waals surface area contributed by atoms with Crippen LogP contribution in [0.1, 0.15) is 31.9 Å². The molecule has 2 aromatic carbocycles. The summed E-state index contributed by atoms with van der Waals surface area (Å²) in [6.45, 7) is 4.92. The first-order valence-corrected chi connectivity index (χ1v) is 11.7. The molecule has 0 aliphatic carbocycles. The summed E-state index contributed by atoms with van der Waals surface area (Å²) in [6.07, 6.45) is 0.293. The van der Waals surface area contributed by atoms with Gasteiger partial charge in [-0.1, -0.05) is 56.3 Å². The molecule has 0 spiro atoms. The number of hydrogen-bond acceptors (Lipinski definition) is 6. The van der Waals surface area contributed by atoms with Crippen molar-refractivity contribution >= 4 is 23.7 Å². The molecule has 4 atom stereocenters. The third-order valence-electron chi connectivity index (χ3n) is 5.62. The Hall–Kier alpha value is -3.92. The third-order valence-corrected chi connectivity index (χ3v) is 5.62. The molecule has 2 aromatic rings. The number of aliphatic carboxylic acids is 1. The average molecular weight is 499 g/mol. The predicted molar refractivity (Wildman–Crippen MR) is 134 cm³/mol. The smallest absolute Gasteiger partial charge is 0.326 e. The van der Waals surface area contributed by atoms with Gasteiger partial charge >= 0.3 is 5.97 Å². The molecule has 36 heavy (non-hydrogen) atoms. The van der Waals surface area contributed by atoms with Gasteiger partial charge < -0.3 is 31.9 Å². The van der Waals surface area contributed by atoms with E-state index in [0.29, 0.717) is 12.0 Å². The molecule has 194 valence electrons. The lowest BCUT2D eigenvalue weighted by atomic mass is 10.0. The summed E-state index contributed by atoms with van der Waals surface area (Å²) in [5.41, 5.74) is 7.51. The van der Waals surface area contributed by atoms with Gasteiger partial charge in [0.15, 0.2) is 0 Å². The number of benzene rings is 2. The van der Waals surface area contributed by atoms with Crippen molar-refractivity contribution in [2.24, 2.45) is 11.7 Å². The number of phenolic OH excluding ortho intramolecular Hbond substituents is 1. The van der Waals surface area contributed by atoms with Gasteiger partial charge in [-0.3, -0.25) is 14.4 Å². The van der Waals surface area contributed by atoms with E-state index in [-0.39, 0.29) is 18.1 Å². The van der Waals surface area contributed by atoms with E-state index in [9.17, 15) is 29.4 Å². The van der Waals surface area contributed by atoms with Crippen molar-refractivity contribution in [1.29, 1.82) is 0 Å². The van der Waals surface area contributed by atoms with Crippen LogP contribution >= 0.6 is 0 Å². The topological polar surface area (TPSA) is 171 Å². The maximum Gasteiger partial charge on any atom is 0.326 e. The lowest BCUT2D eigenvalue weighted by Gasteiger charge is -2.25. The van der Waals surface area contributed by atoms with Gasteiger partial charge in [-0.15, -0.1) is 0 Å². The van der Waals surface area contributed by atoms with Crippen molar-refractivity contribution in [3.05, 3.63) is 65.7 Å². The molecule has 0 aromatic heterocycles. The maximum atomic E-state index is 12.9. The predicted octanol–water partition coefficient (Wildman–Crippen LogP) is 0.720. The Labute approximate surface area is 210 Å². The minimum absolute atomic E-state index is 0.00794. The molecule has 7 N–H and O–H groups in total. The van der Waals surface area contributed by atoms with E-state index < -0.39 is 47.9 Å². The summed E-state index contributed by atoms with van der Waals surface area (Å²) in [7, 11) is 0. The highest BCUT2D eigenvalue weighted by atomic mass is 16.4. The number of carboxylic acids is 1. The zero-order chi connectivity index (χ0) is 26.8. The minimum atomic E-state index is -1.24. The molecule has 10 nitrogen and oxygen atoms in total. The fourth-order valence-corrected chi connectivity index (χ4v) is 3.49. The molecule has 0 bridgehead atoms. The summed E-state index contributed by atoms with van der Waals surface area (Å²) in [5, 5.41) is 26.5. The van der Waals surface area contributed by atoms with Crippen LogP contribution in [0.4, 0.5) is 0 Å². The van der Waals surface area contributed by atoms with Crippen LogP contribution in [0.3, 0.4) is 0 Å². The summed E-state index contributed by atoms with van der Waals surface area (Å²) >= 11 is 0. The molecular weight excluding hydrogens is 464 g/mol. The first-order valence-electron chi connectivity index (χ1n) is 11.7. The van der Waals surface area contributed by atoms with E-state index in [4.69, 9.17) is 5.73 Å². The van der Waals surface area contributed by atoms with Gasteiger partial charge in [0, 0.05) is 6.42 Å². The number of phenols is 1. The summed E-state index contributed by atoms with van der Waals surface area (Å²) < 4.78 is 0. The fraction of sp³-hybridized carbons (Fsp3) is 0.385. The minimum Gasteiger partial charge on any atom is -0.508 e. The Morgan fingerprint density at radius 1 is 0.778 bits per heavy atom. The highest BCUT2D eigenvalue weighted by molar-refractivity contribution is 5.94. The van der Waals surface area contributed by atoms with Crippen molar-refractivity contribution in [3.8, 4) is 5.75 Å².